The van der Waals surface area contributed by atoms with Gasteiger partial charge < -0.3 is 4.74 Å². The third kappa shape index (κ3) is 3.62. The molecule has 0 amide bonds. The molecule has 100 valence electrons. The van der Waals surface area contributed by atoms with Crippen LogP contribution in [0.25, 0.3) is 0 Å². The molecule has 2 aromatic rings. The molecule has 0 aromatic heterocycles. The Bertz CT molecular complexity index is 544. The SMILES string of the molecule is CCCc1ccc(Oc2c(Cl)cc(F)cc2Cl)cc1. The van der Waals surface area contributed by atoms with Gasteiger partial charge in [-0.1, -0.05) is 48.7 Å². The molecule has 2 aromatic carbocycles. The van der Waals surface area contributed by atoms with E-state index in [1.807, 2.05) is 24.3 Å². The number of benzene rings is 2. The number of hydrogen-bond acceptors (Lipinski definition) is 1. The first kappa shape index (κ1) is 14.2. The number of halogens is 3. The Morgan fingerprint density at radius 1 is 1.05 bits per heavy atom. The van der Waals surface area contributed by atoms with Crippen LogP contribution in [0.3, 0.4) is 0 Å². The van der Waals surface area contributed by atoms with Gasteiger partial charge in [-0.2, -0.15) is 0 Å². The van der Waals surface area contributed by atoms with Crippen molar-refractivity contribution < 1.29 is 9.13 Å². The predicted molar refractivity (Wildman–Crippen MR) is 76.9 cm³/mol. The zero-order valence-corrected chi connectivity index (χ0v) is 11.9. The molecule has 0 bridgehead atoms. The molecule has 0 heterocycles. The fourth-order valence-electron chi connectivity index (χ4n) is 1.76. The van der Waals surface area contributed by atoms with Crippen LogP contribution in [0.5, 0.6) is 11.5 Å². The summed E-state index contributed by atoms with van der Waals surface area (Å²) in [6.07, 6.45) is 2.12. The van der Waals surface area contributed by atoms with Gasteiger partial charge in [0.25, 0.3) is 0 Å². The molecule has 0 aliphatic rings. The standard InChI is InChI=1S/C15H13Cl2FO/c1-2-3-10-4-6-12(7-5-10)19-15-13(16)8-11(18)9-14(15)17/h4-9H,2-3H2,1H3. The fourth-order valence-corrected chi connectivity index (χ4v) is 2.29. The van der Waals surface area contributed by atoms with Crippen molar-refractivity contribution in [2.75, 3.05) is 0 Å². The third-order valence-corrected chi connectivity index (χ3v) is 3.21. The minimum atomic E-state index is -0.486. The van der Waals surface area contributed by atoms with Crippen molar-refractivity contribution in [2.45, 2.75) is 19.8 Å². The van der Waals surface area contributed by atoms with Gasteiger partial charge in [0.1, 0.15) is 11.6 Å². The summed E-state index contributed by atoms with van der Waals surface area (Å²) in [6.45, 7) is 2.13. The van der Waals surface area contributed by atoms with Crippen LogP contribution in [0.15, 0.2) is 36.4 Å². The van der Waals surface area contributed by atoms with Crippen LogP contribution in [-0.4, -0.2) is 0 Å². The Kier molecular flexibility index (Phi) is 4.67. The van der Waals surface area contributed by atoms with E-state index in [0.717, 1.165) is 12.8 Å². The number of rotatable bonds is 4. The quantitative estimate of drug-likeness (QED) is 0.685. The molecule has 0 aliphatic carbocycles. The van der Waals surface area contributed by atoms with Gasteiger partial charge in [-0.3, -0.25) is 0 Å². The van der Waals surface area contributed by atoms with E-state index in [-0.39, 0.29) is 15.8 Å². The van der Waals surface area contributed by atoms with E-state index in [4.69, 9.17) is 27.9 Å². The maximum atomic E-state index is 13.1. The summed E-state index contributed by atoms with van der Waals surface area (Å²) in [6, 6.07) is 10.0. The minimum Gasteiger partial charge on any atom is -0.454 e. The normalized spacial score (nSPS) is 10.5. The summed E-state index contributed by atoms with van der Waals surface area (Å²) in [5.41, 5.74) is 1.24. The zero-order chi connectivity index (χ0) is 13.8. The van der Waals surface area contributed by atoms with Crippen molar-refractivity contribution in [2.24, 2.45) is 0 Å². The largest absolute Gasteiger partial charge is 0.454 e. The molecule has 0 N–H and O–H groups in total. The van der Waals surface area contributed by atoms with Crippen molar-refractivity contribution in [3.05, 3.63) is 57.8 Å². The lowest BCUT2D eigenvalue weighted by Gasteiger charge is -2.10. The van der Waals surface area contributed by atoms with E-state index in [2.05, 4.69) is 6.92 Å². The molecule has 19 heavy (non-hydrogen) atoms. The van der Waals surface area contributed by atoms with E-state index in [1.165, 1.54) is 17.7 Å². The van der Waals surface area contributed by atoms with Gasteiger partial charge in [0, 0.05) is 0 Å². The Labute approximate surface area is 121 Å². The Morgan fingerprint density at radius 2 is 1.63 bits per heavy atom. The van der Waals surface area contributed by atoms with Gasteiger partial charge in [0.05, 0.1) is 10.0 Å². The highest BCUT2D eigenvalue weighted by Gasteiger charge is 2.10. The molecule has 0 fully saturated rings. The fraction of sp³-hybridized carbons (Fsp3) is 0.200. The molecular formula is C15H13Cl2FO. The van der Waals surface area contributed by atoms with E-state index in [1.54, 1.807) is 0 Å². The molecular weight excluding hydrogens is 286 g/mol. The molecule has 4 heteroatoms. The van der Waals surface area contributed by atoms with Crippen molar-refractivity contribution in [1.82, 2.24) is 0 Å². The molecule has 0 unspecified atom stereocenters. The molecule has 2 rings (SSSR count). The van der Waals surface area contributed by atoms with Crippen LogP contribution < -0.4 is 4.74 Å². The smallest absolute Gasteiger partial charge is 0.164 e. The second-order valence-corrected chi connectivity index (χ2v) is 5.01. The summed E-state index contributed by atoms with van der Waals surface area (Å²) in [5.74, 6) is 0.406. The minimum absolute atomic E-state index is 0.155. The highest BCUT2D eigenvalue weighted by Crippen LogP contribution is 2.37. The Balaban J connectivity index is 2.21. The summed E-state index contributed by atoms with van der Waals surface area (Å²) in [4.78, 5) is 0. The van der Waals surface area contributed by atoms with Crippen molar-refractivity contribution in [1.29, 1.82) is 0 Å². The summed E-state index contributed by atoms with van der Waals surface area (Å²) >= 11 is 11.8. The maximum absolute atomic E-state index is 13.1. The van der Waals surface area contributed by atoms with Gasteiger partial charge >= 0.3 is 0 Å². The van der Waals surface area contributed by atoms with E-state index in [9.17, 15) is 4.39 Å². The highest BCUT2D eigenvalue weighted by molar-refractivity contribution is 6.37. The number of aryl methyl sites for hydroxylation is 1. The van der Waals surface area contributed by atoms with Crippen molar-refractivity contribution >= 4 is 23.2 Å². The third-order valence-electron chi connectivity index (χ3n) is 2.64. The summed E-state index contributed by atoms with van der Waals surface area (Å²) in [7, 11) is 0. The lowest BCUT2D eigenvalue weighted by Crippen LogP contribution is -1.89. The van der Waals surface area contributed by atoms with Gasteiger partial charge in [-0.25, -0.2) is 4.39 Å². The number of hydrogen-bond donors (Lipinski definition) is 0. The van der Waals surface area contributed by atoms with Gasteiger partial charge in [0.2, 0.25) is 0 Å². The van der Waals surface area contributed by atoms with Crippen LogP contribution in [0.1, 0.15) is 18.9 Å². The topological polar surface area (TPSA) is 9.23 Å². The first-order chi connectivity index (χ1) is 9.10. The molecule has 0 atom stereocenters. The summed E-state index contributed by atoms with van der Waals surface area (Å²) in [5, 5.41) is 0.310. The molecule has 0 radical (unpaired) electrons. The molecule has 0 aliphatic heterocycles. The lowest BCUT2D eigenvalue weighted by atomic mass is 10.1. The average molecular weight is 299 g/mol. The number of ether oxygens (including phenoxy) is 1. The maximum Gasteiger partial charge on any atom is 0.164 e. The predicted octanol–water partition coefficient (Wildman–Crippen LogP) is 5.88. The van der Waals surface area contributed by atoms with Crippen LogP contribution in [0.4, 0.5) is 4.39 Å². The lowest BCUT2D eigenvalue weighted by molar-refractivity contribution is 0.481. The Morgan fingerprint density at radius 3 is 2.16 bits per heavy atom. The van der Waals surface area contributed by atoms with E-state index in [0.29, 0.717) is 5.75 Å². The van der Waals surface area contributed by atoms with Crippen LogP contribution >= 0.6 is 23.2 Å². The molecule has 1 nitrogen and oxygen atoms in total. The van der Waals surface area contributed by atoms with Gasteiger partial charge in [-0.15, -0.1) is 0 Å². The molecule has 0 saturated carbocycles. The van der Waals surface area contributed by atoms with E-state index < -0.39 is 5.82 Å². The monoisotopic (exact) mass is 298 g/mol. The van der Waals surface area contributed by atoms with Crippen LogP contribution in [-0.2, 0) is 6.42 Å². The first-order valence-corrected chi connectivity index (χ1v) is 6.77. The average Bonchev–Trinajstić information content (AvgIpc) is 2.36. The van der Waals surface area contributed by atoms with Crippen LogP contribution in [0, 0.1) is 5.82 Å². The van der Waals surface area contributed by atoms with Crippen molar-refractivity contribution in [3.8, 4) is 11.5 Å². The first-order valence-electron chi connectivity index (χ1n) is 6.01. The van der Waals surface area contributed by atoms with Gasteiger partial charge in [0.15, 0.2) is 5.75 Å². The second kappa shape index (κ2) is 6.27. The van der Waals surface area contributed by atoms with Gasteiger partial charge in [-0.05, 0) is 36.2 Å². The van der Waals surface area contributed by atoms with E-state index >= 15 is 0 Å². The second-order valence-electron chi connectivity index (χ2n) is 4.19. The zero-order valence-electron chi connectivity index (χ0n) is 10.4. The molecule has 0 saturated heterocycles. The van der Waals surface area contributed by atoms with Crippen molar-refractivity contribution in [3.63, 3.8) is 0 Å². The highest BCUT2D eigenvalue weighted by atomic mass is 35.5. The molecule has 0 spiro atoms. The Hall–Kier alpha value is -1.25. The van der Waals surface area contributed by atoms with Crippen LogP contribution in [0.2, 0.25) is 10.0 Å². The summed E-state index contributed by atoms with van der Waals surface area (Å²) < 4.78 is 18.7.